The van der Waals surface area contributed by atoms with Crippen LogP contribution in [0.4, 0.5) is 5.69 Å². The van der Waals surface area contributed by atoms with Gasteiger partial charge in [0.2, 0.25) is 5.91 Å². The number of benzene rings is 2. The highest BCUT2D eigenvalue weighted by molar-refractivity contribution is 7.10. The summed E-state index contributed by atoms with van der Waals surface area (Å²) >= 11 is 7.51. The number of rotatable bonds is 8. The van der Waals surface area contributed by atoms with E-state index >= 15 is 0 Å². The van der Waals surface area contributed by atoms with Crippen LogP contribution in [0.2, 0.25) is 0 Å². The van der Waals surface area contributed by atoms with Crippen LogP contribution in [0.15, 0.2) is 72.1 Å². The second-order valence-corrected chi connectivity index (χ2v) is 10.1. The van der Waals surface area contributed by atoms with E-state index in [1.807, 2.05) is 52.7 Å². The van der Waals surface area contributed by atoms with E-state index in [0.717, 1.165) is 17.2 Å². The van der Waals surface area contributed by atoms with Crippen molar-refractivity contribution in [1.29, 1.82) is 0 Å². The van der Waals surface area contributed by atoms with Crippen molar-refractivity contribution in [2.75, 3.05) is 30.4 Å². The first-order valence-corrected chi connectivity index (χ1v) is 13.2. The molecular weight excluding hydrogens is 482 g/mol. The number of amides is 2. The van der Waals surface area contributed by atoms with Crippen LogP contribution >= 0.6 is 22.9 Å². The molecular formula is C27H30ClN3O3S. The Hall–Kier alpha value is -2.87. The Morgan fingerprint density at radius 1 is 1.09 bits per heavy atom. The van der Waals surface area contributed by atoms with Gasteiger partial charge in [-0.15, -0.1) is 22.9 Å². The number of anilines is 1. The average molecular weight is 512 g/mol. The van der Waals surface area contributed by atoms with E-state index < -0.39 is 6.04 Å². The molecule has 6 nitrogen and oxygen atoms in total. The van der Waals surface area contributed by atoms with Crippen LogP contribution in [0.3, 0.4) is 0 Å². The number of halogens is 1. The molecule has 1 unspecified atom stereocenters. The van der Waals surface area contributed by atoms with Gasteiger partial charge in [0.15, 0.2) is 0 Å². The van der Waals surface area contributed by atoms with Gasteiger partial charge in [0.1, 0.15) is 23.4 Å². The molecule has 3 aromatic rings. The van der Waals surface area contributed by atoms with Crippen molar-refractivity contribution >= 4 is 40.4 Å². The Bertz CT molecular complexity index is 1110. The minimum Gasteiger partial charge on any atom is -0.457 e. The first-order valence-electron chi connectivity index (χ1n) is 11.7. The largest absolute Gasteiger partial charge is 0.457 e. The molecule has 0 radical (unpaired) electrons. The van der Waals surface area contributed by atoms with Gasteiger partial charge in [0.05, 0.1) is 0 Å². The molecule has 0 spiro atoms. The molecule has 2 amide bonds. The molecule has 35 heavy (non-hydrogen) atoms. The summed E-state index contributed by atoms with van der Waals surface area (Å²) in [5.74, 6) is 1.10. The van der Waals surface area contributed by atoms with Gasteiger partial charge in [0, 0.05) is 36.2 Å². The van der Waals surface area contributed by atoms with E-state index in [9.17, 15) is 9.59 Å². The number of hydrogen-bond acceptors (Lipinski definition) is 5. The van der Waals surface area contributed by atoms with Gasteiger partial charge in [-0.1, -0.05) is 38.1 Å². The molecule has 4 rings (SSSR count). The first-order chi connectivity index (χ1) is 17.0. The SMILES string of the molecule is CC(C)[C@H]1CN(C(=O)C(c2cccs2)N(C(=O)CCl)c2ccc(Oc3ccccc3)cc2)CCN1. The molecule has 1 aliphatic heterocycles. The molecule has 0 saturated carbocycles. The fourth-order valence-electron chi connectivity index (χ4n) is 4.20. The molecule has 1 fully saturated rings. The number of piperazine rings is 1. The third-order valence-electron chi connectivity index (χ3n) is 6.10. The quantitative estimate of drug-likeness (QED) is 0.416. The molecule has 2 heterocycles. The fourth-order valence-corrected chi connectivity index (χ4v) is 5.14. The number of thiophene rings is 1. The summed E-state index contributed by atoms with van der Waals surface area (Å²) in [5, 5.41) is 5.41. The normalized spacial score (nSPS) is 16.7. The lowest BCUT2D eigenvalue weighted by atomic mass is 10.0. The highest BCUT2D eigenvalue weighted by atomic mass is 35.5. The number of carbonyl (C=O) groups is 2. The second kappa shape index (κ2) is 11.7. The van der Waals surface area contributed by atoms with Crippen LogP contribution in [0, 0.1) is 5.92 Å². The van der Waals surface area contributed by atoms with Crippen LogP contribution in [-0.2, 0) is 9.59 Å². The number of carbonyl (C=O) groups excluding carboxylic acids is 2. The van der Waals surface area contributed by atoms with Crippen molar-refractivity contribution in [1.82, 2.24) is 10.2 Å². The molecule has 0 bridgehead atoms. The lowest BCUT2D eigenvalue weighted by Gasteiger charge is -2.39. The van der Waals surface area contributed by atoms with Gasteiger partial charge in [-0.25, -0.2) is 0 Å². The summed E-state index contributed by atoms with van der Waals surface area (Å²) < 4.78 is 5.90. The highest BCUT2D eigenvalue weighted by Gasteiger charge is 2.37. The molecule has 1 aliphatic rings. The fraction of sp³-hybridized carbons (Fsp3) is 0.333. The Labute approximate surface area is 215 Å². The number of ether oxygens (including phenoxy) is 1. The Kier molecular flexibility index (Phi) is 8.44. The van der Waals surface area contributed by atoms with Gasteiger partial charge in [-0.2, -0.15) is 0 Å². The Balaban J connectivity index is 1.65. The molecule has 0 aliphatic carbocycles. The van der Waals surface area contributed by atoms with E-state index in [0.29, 0.717) is 30.4 Å². The van der Waals surface area contributed by atoms with Crippen molar-refractivity contribution in [2.24, 2.45) is 5.92 Å². The number of para-hydroxylation sites is 1. The van der Waals surface area contributed by atoms with Crippen LogP contribution in [0.5, 0.6) is 11.5 Å². The lowest BCUT2D eigenvalue weighted by Crippen LogP contribution is -2.57. The predicted octanol–water partition coefficient (Wildman–Crippen LogP) is 5.31. The van der Waals surface area contributed by atoms with Gasteiger partial charge < -0.3 is 15.0 Å². The topological polar surface area (TPSA) is 61.9 Å². The van der Waals surface area contributed by atoms with E-state index in [1.165, 1.54) is 16.2 Å². The zero-order chi connectivity index (χ0) is 24.8. The summed E-state index contributed by atoms with van der Waals surface area (Å²) in [6.45, 7) is 6.21. The van der Waals surface area contributed by atoms with Gasteiger partial charge in [-0.3, -0.25) is 14.5 Å². The number of hydrogen-bond donors (Lipinski definition) is 1. The first kappa shape index (κ1) is 25.2. The van der Waals surface area contributed by atoms with Crippen molar-refractivity contribution in [3.63, 3.8) is 0 Å². The van der Waals surface area contributed by atoms with Crippen molar-refractivity contribution in [3.8, 4) is 11.5 Å². The van der Waals surface area contributed by atoms with E-state index in [4.69, 9.17) is 16.3 Å². The summed E-state index contributed by atoms with van der Waals surface area (Å²) in [5.41, 5.74) is 0.596. The molecule has 1 saturated heterocycles. The third-order valence-corrected chi connectivity index (χ3v) is 7.26. The summed E-state index contributed by atoms with van der Waals surface area (Å²) in [4.78, 5) is 31.3. The third kappa shape index (κ3) is 6.04. The maximum Gasteiger partial charge on any atom is 0.251 e. The minimum atomic E-state index is -0.784. The molecule has 2 atom stereocenters. The van der Waals surface area contributed by atoms with Gasteiger partial charge in [0.25, 0.3) is 5.91 Å². The standard InChI is InChI=1S/C27H30ClN3O3S/c1-19(2)23-18-30(15-14-29-23)27(33)26(24-9-6-16-35-24)31(25(32)17-28)20-10-12-22(13-11-20)34-21-7-4-3-5-8-21/h3-13,16,19,23,26,29H,14-15,17-18H2,1-2H3/t23-,26?/m1/s1. The van der Waals surface area contributed by atoms with E-state index in [1.54, 1.807) is 24.3 Å². The molecule has 184 valence electrons. The lowest BCUT2D eigenvalue weighted by molar-refractivity contribution is -0.135. The molecule has 1 N–H and O–H groups in total. The molecule has 1 aromatic heterocycles. The number of alkyl halides is 1. The minimum absolute atomic E-state index is 0.0947. The van der Waals surface area contributed by atoms with Crippen molar-refractivity contribution in [2.45, 2.75) is 25.9 Å². The maximum atomic E-state index is 14.0. The Morgan fingerprint density at radius 2 is 1.80 bits per heavy atom. The zero-order valence-corrected chi connectivity index (χ0v) is 21.5. The van der Waals surface area contributed by atoms with Gasteiger partial charge >= 0.3 is 0 Å². The second-order valence-electron chi connectivity index (χ2n) is 8.81. The van der Waals surface area contributed by atoms with Crippen LogP contribution < -0.4 is 15.0 Å². The van der Waals surface area contributed by atoms with Crippen molar-refractivity contribution < 1.29 is 14.3 Å². The maximum absolute atomic E-state index is 14.0. The summed E-state index contributed by atoms with van der Waals surface area (Å²) in [6, 6.07) is 19.9. The summed E-state index contributed by atoms with van der Waals surface area (Å²) in [6.07, 6.45) is 0. The number of nitrogens with zero attached hydrogens (tertiary/aromatic N) is 2. The van der Waals surface area contributed by atoms with Crippen LogP contribution in [0.1, 0.15) is 24.8 Å². The average Bonchev–Trinajstić information content (AvgIpc) is 3.42. The van der Waals surface area contributed by atoms with E-state index in [2.05, 4.69) is 19.2 Å². The zero-order valence-electron chi connectivity index (χ0n) is 19.9. The van der Waals surface area contributed by atoms with E-state index in [-0.39, 0.29) is 23.7 Å². The van der Waals surface area contributed by atoms with Gasteiger partial charge in [-0.05, 0) is 53.8 Å². The molecule has 8 heteroatoms. The molecule has 2 aromatic carbocycles. The predicted molar refractivity (Wildman–Crippen MR) is 141 cm³/mol. The highest BCUT2D eigenvalue weighted by Crippen LogP contribution is 2.34. The van der Waals surface area contributed by atoms with Crippen LogP contribution in [-0.4, -0.2) is 48.3 Å². The van der Waals surface area contributed by atoms with Crippen LogP contribution in [0.25, 0.3) is 0 Å². The summed E-state index contributed by atoms with van der Waals surface area (Å²) in [7, 11) is 0. The monoisotopic (exact) mass is 511 g/mol. The smallest absolute Gasteiger partial charge is 0.251 e. The Morgan fingerprint density at radius 3 is 2.43 bits per heavy atom. The van der Waals surface area contributed by atoms with Crippen molar-refractivity contribution in [3.05, 3.63) is 77.0 Å². The number of nitrogens with one attached hydrogen (secondary N) is 1.